The summed E-state index contributed by atoms with van der Waals surface area (Å²) in [5.74, 6) is -3.54. The molecule has 2 amide bonds. The molecule has 0 saturated carbocycles. The van der Waals surface area contributed by atoms with E-state index >= 15 is 0 Å². The van der Waals surface area contributed by atoms with Gasteiger partial charge in [0, 0.05) is 25.2 Å². The highest BCUT2D eigenvalue weighted by Crippen LogP contribution is 2.24. The maximum absolute atomic E-state index is 12.6. The third-order valence-corrected chi connectivity index (χ3v) is 3.70. The topological polar surface area (TPSA) is 107 Å². The van der Waals surface area contributed by atoms with Gasteiger partial charge in [-0.25, -0.2) is 0 Å². The standard InChI is InChI=1S/C17H17F3N4O3/c1-24-9-11(13(23-24)10-5-3-2-4-6-10)16(27)22-12(14(25)15(21)26)7-8-17(18,19)20/h2-6,9,12H,7-8H2,1H3,(H2,21,26)(H,22,27). The van der Waals surface area contributed by atoms with Crippen molar-refractivity contribution >= 4 is 17.6 Å². The molecular formula is C17H17F3N4O3. The molecular weight excluding hydrogens is 365 g/mol. The van der Waals surface area contributed by atoms with Crippen LogP contribution in [-0.4, -0.2) is 39.6 Å². The first-order chi connectivity index (χ1) is 12.6. The lowest BCUT2D eigenvalue weighted by Crippen LogP contribution is -2.46. The zero-order chi connectivity index (χ0) is 20.2. The van der Waals surface area contributed by atoms with Gasteiger partial charge in [-0.15, -0.1) is 0 Å². The maximum Gasteiger partial charge on any atom is 0.389 e. The number of nitrogens with zero attached hydrogens (tertiary/aromatic N) is 2. The number of nitrogens with one attached hydrogen (secondary N) is 1. The Morgan fingerprint density at radius 3 is 2.41 bits per heavy atom. The first kappa shape index (κ1) is 20.1. The second kappa shape index (κ2) is 8.02. The fraction of sp³-hybridized carbons (Fsp3) is 0.294. The molecule has 0 aliphatic heterocycles. The van der Waals surface area contributed by atoms with Crippen LogP contribution in [0.2, 0.25) is 0 Å². The average molecular weight is 382 g/mol. The molecule has 0 radical (unpaired) electrons. The fourth-order valence-corrected chi connectivity index (χ4v) is 2.45. The van der Waals surface area contributed by atoms with Crippen LogP contribution in [0.15, 0.2) is 36.5 Å². The lowest BCUT2D eigenvalue weighted by molar-refractivity contribution is -0.143. The van der Waals surface area contributed by atoms with Gasteiger partial charge in [0.2, 0.25) is 5.78 Å². The minimum Gasteiger partial charge on any atom is -0.363 e. The Kier molecular flexibility index (Phi) is 5.98. The molecule has 1 heterocycles. The fourth-order valence-electron chi connectivity index (χ4n) is 2.45. The number of aromatic nitrogens is 2. The van der Waals surface area contributed by atoms with Gasteiger partial charge in [0.25, 0.3) is 11.8 Å². The molecule has 7 nitrogen and oxygen atoms in total. The first-order valence-electron chi connectivity index (χ1n) is 7.89. The lowest BCUT2D eigenvalue weighted by atomic mass is 10.0. The summed E-state index contributed by atoms with van der Waals surface area (Å²) in [6.45, 7) is 0. The van der Waals surface area contributed by atoms with Gasteiger partial charge in [-0.05, 0) is 6.42 Å². The lowest BCUT2D eigenvalue weighted by Gasteiger charge is -2.17. The molecule has 0 spiro atoms. The van der Waals surface area contributed by atoms with Crippen molar-refractivity contribution in [2.45, 2.75) is 25.1 Å². The van der Waals surface area contributed by atoms with Gasteiger partial charge in [-0.1, -0.05) is 30.3 Å². The molecule has 0 bridgehead atoms. The molecule has 0 saturated heterocycles. The smallest absolute Gasteiger partial charge is 0.363 e. The summed E-state index contributed by atoms with van der Waals surface area (Å²) >= 11 is 0. The van der Waals surface area contributed by atoms with E-state index in [2.05, 4.69) is 10.4 Å². The minimum atomic E-state index is -4.55. The number of halogens is 3. The van der Waals surface area contributed by atoms with E-state index in [1.807, 2.05) is 0 Å². The predicted octanol–water partition coefficient (Wildman–Crippen LogP) is 1.58. The summed E-state index contributed by atoms with van der Waals surface area (Å²) in [5, 5.41) is 6.34. The van der Waals surface area contributed by atoms with Gasteiger partial charge in [0.15, 0.2) is 0 Å². The Morgan fingerprint density at radius 1 is 1.22 bits per heavy atom. The third kappa shape index (κ3) is 5.40. The predicted molar refractivity (Wildman–Crippen MR) is 89.4 cm³/mol. The number of rotatable bonds is 7. The highest BCUT2D eigenvalue weighted by molar-refractivity contribution is 6.38. The van der Waals surface area contributed by atoms with E-state index in [0.717, 1.165) is 0 Å². The minimum absolute atomic E-state index is 0.0537. The van der Waals surface area contributed by atoms with Crippen LogP contribution in [0, 0.1) is 0 Å². The van der Waals surface area contributed by atoms with Crippen molar-refractivity contribution in [1.29, 1.82) is 0 Å². The highest BCUT2D eigenvalue weighted by atomic mass is 19.4. The molecule has 1 atom stereocenters. The van der Waals surface area contributed by atoms with Crippen molar-refractivity contribution in [2.24, 2.45) is 12.8 Å². The average Bonchev–Trinajstić information content (AvgIpc) is 2.99. The number of primary amides is 1. The number of nitrogens with two attached hydrogens (primary N) is 1. The van der Waals surface area contributed by atoms with Crippen LogP contribution in [0.3, 0.4) is 0 Å². The molecule has 3 N–H and O–H groups in total. The molecule has 2 rings (SSSR count). The normalized spacial score (nSPS) is 12.4. The van der Waals surface area contributed by atoms with Crippen LogP contribution in [-0.2, 0) is 16.6 Å². The maximum atomic E-state index is 12.6. The molecule has 1 aromatic heterocycles. The molecule has 1 unspecified atom stereocenters. The van der Waals surface area contributed by atoms with E-state index in [-0.39, 0.29) is 11.3 Å². The van der Waals surface area contributed by atoms with Crippen molar-refractivity contribution in [2.75, 3.05) is 0 Å². The zero-order valence-electron chi connectivity index (χ0n) is 14.3. The van der Waals surface area contributed by atoms with Crippen LogP contribution < -0.4 is 11.1 Å². The van der Waals surface area contributed by atoms with E-state index in [4.69, 9.17) is 5.73 Å². The number of aryl methyl sites for hydroxylation is 1. The number of alkyl halides is 3. The van der Waals surface area contributed by atoms with Gasteiger partial charge in [0.05, 0.1) is 11.6 Å². The number of Topliss-reactive ketones (excluding diaryl/α,β-unsaturated/α-hetero) is 1. The van der Waals surface area contributed by atoms with E-state index in [0.29, 0.717) is 5.56 Å². The summed E-state index contributed by atoms with van der Waals surface area (Å²) in [6.07, 6.45) is -5.33. The van der Waals surface area contributed by atoms with Gasteiger partial charge < -0.3 is 11.1 Å². The molecule has 144 valence electrons. The van der Waals surface area contributed by atoms with Gasteiger partial charge in [0.1, 0.15) is 5.69 Å². The molecule has 10 heteroatoms. The Bertz CT molecular complexity index is 847. The number of amides is 2. The van der Waals surface area contributed by atoms with Crippen molar-refractivity contribution < 1.29 is 27.6 Å². The van der Waals surface area contributed by atoms with Crippen LogP contribution in [0.25, 0.3) is 11.3 Å². The first-order valence-corrected chi connectivity index (χ1v) is 7.89. The molecule has 27 heavy (non-hydrogen) atoms. The number of carbonyl (C=O) groups is 3. The Labute approximate surface area is 152 Å². The van der Waals surface area contributed by atoms with Gasteiger partial charge >= 0.3 is 6.18 Å². The summed E-state index contributed by atoms with van der Waals surface area (Å²) in [6, 6.07) is 6.96. The van der Waals surface area contributed by atoms with Gasteiger partial charge in [-0.3, -0.25) is 19.1 Å². The largest absolute Gasteiger partial charge is 0.389 e. The van der Waals surface area contributed by atoms with Crippen molar-refractivity contribution in [3.05, 3.63) is 42.1 Å². The number of hydrogen-bond donors (Lipinski definition) is 2. The highest BCUT2D eigenvalue weighted by Gasteiger charge is 2.33. The molecule has 1 aromatic carbocycles. The summed E-state index contributed by atoms with van der Waals surface area (Å²) in [5.41, 5.74) is 5.83. The summed E-state index contributed by atoms with van der Waals surface area (Å²) in [7, 11) is 1.57. The zero-order valence-corrected chi connectivity index (χ0v) is 14.3. The Morgan fingerprint density at radius 2 is 1.85 bits per heavy atom. The van der Waals surface area contributed by atoms with Crippen LogP contribution in [0.4, 0.5) is 13.2 Å². The Hall–Kier alpha value is -3.17. The molecule has 0 aliphatic carbocycles. The monoisotopic (exact) mass is 382 g/mol. The van der Waals surface area contributed by atoms with Crippen molar-refractivity contribution in [1.82, 2.24) is 15.1 Å². The molecule has 0 aliphatic rings. The Balaban J connectivity index is 2.27. The van der Waals surface area contributed by atoms with Gasteiger partial charge in [-0.2, -0.15) is 18.3 Å². The second-order valence-electron chi connectivity index (χ2n) is 5.84. The van der Waals surface area contributed by atoms with Crippen LogP contribution in [0.1, 0.15) is 23.2 Å². The molecule has 2 aromatic rings. The number of ketones is 1. The van der Waals surface area contributed by atoms with E-state index < -0.39 is 42.7 Å². The van der Waals surface area contributed by atoms with E-state index in [1.165, 1.54) is 10.9 Å². The molecule has 0 fully saturated rings. The SMILES string of the molecule is Cn1cc(C(=O)NC(CCC(F)(F)F)C(=O)C(N)=O)c(-c2ccccc2)n1. The van der Waals surface area contributed by atoms with Crippen molar-refractivity contribution in [3.63, 3.8) is 0 Å². The van der Waals surface area contributed by atoms with Crippen LogP contribution in [0.5, 0.6) is 0 Å². The summed E-state index contributed by atoms with van der Waals surface area (Å²) < 4.78 is 38.8. The quantitative estimate of drug-likeness (QED) is 0.709. The van der Waals surface area contributed by atoms with E-state index in [1.54, 1.807) is 37.4 Å². The third-order valence-electron chi connectivity index (χ3n) is 3.70. The van der Waals surface area contributed by atoms with E-state index in [9.17, 15) is 27.6 Å². The number of hydrogen-bond acceptors (Lipinski definition) is 4. The van der Waals surface area contributed by atoms with Crippen molar-refractivity contribution in [3.8, 4) is 11.3 Å². The van der Waals surface area contributed by atoms with Crippen LogP contribution >= 0.6 is 0 Å². The number of carbonyl (C=O) groups excluding carboxylic acids is 3. The second-order valence-corrected chi connectivity index (χ2v) is 5.84. The number of benzene rings is 1. The summed E-state index contributed by atoms with van der Waals surface area (Å²) in [4.78, 5) is 35.5.